The highest BCUT2D eigenvalue weighted by Crippen LogP contribution is 2.44. The Bertz CT molecular complexity index is 1400. The largest absolute Gasteiger partial charge is 0.491 e. The number of benzene rings is 1. The normalized spacial score (nSPS) is 25.3. The molecule has 0 bridgehead atoms. The van der Waals surface area contributed by atoms with Crippen molar-refractivity contribution >= 4 is 33.6 Å². The lowest BCUT2D eigenvalue weighted by molar-refractivity contribution is -0.198. The van der Waals surface area contributed by atoms with Gasteiger partial charge in [0.25, 0.3) is 0 Å². The van der Waals surface area contributed by atoms with Crippen LogP contribution in [0.1, 0.15) is 20.1 Å². The van der Waals surface area contributed by atoms with Crippen molar-refractivity contribution in [2.24, 2.45) is 0 Å². The number of nitrogens with two attached hydrogens (primary N) is 1. The smallest absolute Gasteiger partial charge is 0.164 e. The minimum atomic E-state index is -0.729. The molecule has 4 aromatic rings. The molecular weight excluding hydrogens is 448 g/mol. The first-order chi connectivity index (χ1) is 16.8. The van der Waals surface area contributed by atoms with Crippen LogP contribution in [0.5, 0.6) is 5.75 Å². The van der Waals surface area contributed by atoms with Crippen LogP contribution >= 0.6 is 0 Å². The molecule has 5 heterocycles. The number of ether oxygens (including phenoxy) is 4. The molecule has 2 aliphatic rings. The summed E-state index contributed by atoms with van der Waals surface area (Å²) in [5.41, 5.74) is 7.40. The molecule has 0 spiro atoms. The van der Waals surface area contributed by atoms with Crippen LogP contribution in [0.3, 0.4) is 0 Å². The summed E-state index contributed by atoms with van der Waals surface area (Å²) < 4.78 is 27.2. The van der Waals surface area contributed by atoms with E-state index in [-0.39, 0.29) is 18.3 Å². The minimum Gasteiger partial charge on any atom is -0.491 e. The zero-order valence-corrected chi connectivity index (χ0v) is 20.1. The summed E-state index contributed by atoms with van der Waals surface area (Å²) in [6, 6.07) is 11.5. The van der Waals surface area contributed by atoms with Gasteiger partial charge in [0, 0.05) is 31.7 Å². The molecule has 0 aliphatic carbocycles. The summed E-state index contributed by atoms with van der Waals surface area (Å²) in [5, 5.41) is 1.94. The van der Waals surface area contributed by atoms with Crippen LogP contribution in [0, 0.1) is 0 Å². The van der Waals surface area contributed by atoms with Crippen molar-refractivity contribution in [3.05, 3.63) is 48.9 Å². The molecular formula is C25H28N6O4. The highest BCUT2D eigenvalue weighted by Gasteiger charge is 2.56. The van der Waals surface area contributed by atoms with Crippen molar-refractivity contribution in [3.8, 4) is 5.75 Å². The fraction of sp³-hybridized carbons (Fsp3) is 0.400. The molecule has 182 valence electrons. The molecule has 0 saturated carbocycles. The van der Waals surface area contributed by atoms with E-state index in [4.69, 9.17) is 24.7 Å². The first kappa shape index (κ1) is 22.0. The van der Waals surface area contributed by atoms with Crippen LogP contribution < -0.4 is 15.4 Å². The Kier molecular flexibility index (Phi) is 5.06. The summed E-state index contributed by atoms with van der Waals surface area (Å²) >= 11 is 0. The lowest BCUT2D eigenvalue weighted by Crippen LogP contribution is -2.33. The second-order valence-electron chi connectivity index (χ2n) is 9.58. The van der Waals surface area contributed by atoms with Gasteiger partial charge in [-0.25, -0.2) is 15.0 Å². The Hall–Kier alpha value is -3.47. The summed E-state index contributed by atoms with van der Waals surface area (Å²) in [7, 11) is 3.92. The van der Waals surface area contributed by atoms with Gasteiger partial charge in [0.05, 0.1) is 10.9 Å². The highest BCUT2D eigenvalue weighted by atomic mass is 16.8. The van der Waals surface area contributed by atoms with Gasteiger partial charge in [-0.1, -0.05) is 0 Å². The average molecular weight is 477 g/mol. The number of hydrogen-bond acceptors (Lipinski definition) is 9. The molecule has 2 fully saturated rings. The number of aromatic nitrogens is 4. The van der Waals surface area contributed by atoms with Gasteiger partial charge < -0.3 is 34.1 Å². The van der Waals surface area contributed by atoms with Gasteiger partial charge in [0.1, 0.15) is 54.3 Å². The monoisotopic (exact) mass is 476 g/mol. The Morgan fingerprint density at radius 1 is 1.09 bits per heavy atom. The van der Waals surface area contributed by atoms with E-state index >= 15 is 0 Å². The van der Waals surface area contributed by atoms with Crippen molar-refractivity contribution in [1.82, 2.24) is 19.5 Å². The minimum absolute atomic E-state index is 0.294. The molecule has 0 unspecified atom stereocenters. The van der Waals surface area contributed by atoms with Crippen molar-refractivity contribution in [2.75, 3.05) is 31.3 Å². The molecule has 2 N–H and O–H groups in total. The molecule has 0 radical (unpaired) electrons. The summed E-state index contributed by atoms with van der Waals surface area (Å²) in [6.07, 6.45) is 2.16. The van der Waals surface area contributed by atoms with Gasteiger partial charge in [0.2, 0.25) is 0 Å². The standard InChI is InChI=1S/C25H28N6O4/c1-25(2)34-20-18(12-32-15-7-5-14-6-8-19(26)29-17(14)11-15)33-24(21(20)35-25)31-10-9-16-22(30(3)4)27-13-28-23(16)31/h5-11,13,18,20-21,24H,12H2,1-4H3,(H2,26,29)/t18-,20-,21-,24-/m1/s1. The SMILES string of the molecule is CN(C)c1ncnc2c1ccn2[C@@H]1O[C@H](COc2ccc3ccc(N)nc3c2)[C@H]2OC(C)(C)O[C@H]21. The molecule has 3 aromatic heterocycles. The summed E-state index contributed by atoms with van der Waals surface area (Å²) in [6.45, 7) is 4.13. The quantitative estimate of drug-likeness (QED) is 0.464. The van der Waals surface area contributed by atoms with E-state index in [1.807, 2.05) is 73.9 Å². The summed E-state index contributed by atoms with van der Waals surface area (Å²) in [4.78, 5) is 15.3. The lowest BCUT2D eigenvalue weighted by atomic mass is 10.1. The number of hydrogen-bond donors (Lipinski definition) is 1. The number of fused-ring (bicyclic) bond motifs is 3. The van der Waals surface area contributed by atoms with Crippen molar-refractivity contribution in [1.29, 1.82) is 0 Å². The number of nitrogen functional groups attached to an aromatic ring is 1. The molecule has 6 rings (SSSR count). The van der Waals surface area contributed by atoms with Crippen LogP contribution in [0.2, 0.25) is 0 Å². The molecule has 2 aliphatic heterocycles. The molecule has 1 aromatic carbocycles. The Morgan fingerprint density at radius 3 is 2.71 bits per heavy atom. The maximum absolute atomic E-state index is 6.48. The van der Waals surface area contributed by atoms with E-state index in [1.165, 1.54) is 0 Å². The first-order valence-corrected chi connectivity index (χ1v) is 11.6. The number of anilines is 2. The number of nitrogens with zero attached hydrogens (tertiary/aromatic N) is 5. The maximum atomic E-state index is 6.48. The van der Waals surface area contributed by atoms with Crippen LogP contribution in [0.15, 0.2) is 48.9 Å². The fourth-order valence-corrected chi connectivity index (χ4v) is 4.92. The van der Waals surface area contributed by atoms with Crippen molar-refractivity contribution in [2.45, 2.75) is 44.2 Å². The molecule has 0 amide bonds. The number of rotatable bonds is 5. The van der Waals surface area contributed by atoms with E-state index in [0.29, 0.717) is 18.2 Å². The van der Waals surface area contributed by atoms with Gasteiger partial charge in [-0.2, -0.15) is 0 Å². The Balaban J connectivity index is 1.28. The predicted octanol–water partition coefficient (Wildman–Crippen LogP) is 3.12. The van der Waals surface area contributed by atoms with Crippen LogP contribution in [0.25, 0.3) is 21.9 Å². The highest BCUT2D eigenvalue weighted by molar-refractivity contribution is 5.87. The summed E-state index contributed by atoms with van der Waals surface area (Å²) in [5.74, 6) is 1.27. The van der Waals surface area contributed by atoms with Crippen molar-refractivity contribution in [3.63, 3.8) is 0 Å². The molecule has 4 atom stereocenters. The first-order valence-electron chi connectivity index (χ1n) is 11.6. The fourth-order valence-electron chi connectivity index (χ4n) is 4.92. The van der Waals surface area contributed by atoms with E-state index in [9.17, 15) is 0 Å². The molecule has 10 nitrogen and oxygen atoms in total. The third-order valence-corrected chi connectivity index (χ3v) is 6.41. The maximum Gasteiger partial charge on any atom is 0.164 e. The molecule has 35 heavy (non-hydrogen) atoms. The third kappa shape index (κ3) is 3.83. The van der Waals surface area contributed by atoms with Gasteiger partial charge in [-0.15, -0.1) is 0 Å². The Labute approximate surface area is 202 Å². The number of pyridine rings is 1. The molecule has 10 heteroatoms. The lowest BCUT2D eigenvalue weighted by Gasteiger charge is -2.25. The predicted molar refractivity (Wildman–Crippen MR) is 131 cm³/mol. The second kappa shape index (κ2) is 8.04. The van der Waals surface area contributed by atoms with Gasteiger partial charge in [-0.3, -0.25) is 0 Å². The average Bonchev–Trinajstić information content (AvgIpc) is 3.47. The van der Waals surface area contributed by atoms with Crippen LogP contribution in [0.4, 0.5) is 11.6 Å². The van der Waals surface area contributed by atoms with Gasteiger partial charge >= 0.3 is 0 Å². The van der Waals surface area contributed by atoms with Gasteiger partial charge in [-0.05, 0) is 44.2 Å². The zero-order chi connectivity index (χ0) is 24.3. The van der Waals surface area contributed by atoms with E-state index in [2.05, 4.69) is 15.0 Å². The third-order valence-electron chi connectivity index (χ3n) is 6.41. The van der Waals surface area contributed by atoms with Crippen molar-refractivity contribution < 1.29 is 18.9 Å². The van der Waals surface area contributed by atoms with Gasteiger partial charge in [0.15, 0.2) is 12.0 Å². The zero-order valence-electron chi connectivity index (χ0n) is 20.1. The van der Waals surface area contributed by atoms with E-state index in [0.717, 1.165) is 27.8 Å². The topological polar surface area (TPSA) is 110 Å². The Morgan fingerprint density at radius 2 is 1.89 bits per heavy atom. The van der Waals surface area contributed by atoms with Crippen LogP contribution in [-0.4, -0.2) is 64.3 Å². The molecule has 2 saturated heterocycles. The van der Waals surface area contributed by atoms with E-state index in [1.54, 1.807) is 12.4 Å². The second-order valence-corrected chi connectivity index (χ2v) is 9.58. The van der Waals surface area contributed by atoms with Crippen LogP contribution in [-0.2, 0) is 14.2 Å². The van der Waals surface area contributed by atoms with E-state index < -0.39 is 12.0 Å².